The van der Waals surface area contributed by atoms with E-state index in [0.29, 0.717) is 11.6 Å². The molecule has 2 nitrogen and oxygen atoms in total. The van der Waals surface area contributed by atoms with Crippen LogP contribution in [0.15, 0.2) is 42.5 Å². The van der Waals surface area contributed by atoms with Gasteiger partial charge in [0.1, 0.15) is 0 Å². The zero-order valence-corrected chi connectivity index (χ0v) is 11.1. The van der Waals surface area contributed by atoms with Gasteiger partial charge in [0, 0.05) is 16.8 Å². The highest BCUT2D eigenvalue weighted by Gasteiger charge is 2.21. The van der Waals surface area contributed by atoms with Crippen LogP contribution in [0, 0.1) is 11.3 Å². The van der Waals surface area contributed by atoms with E-state index in [1.807, 2.05) is 30.3 Å². The van der Waals surface area contributed by atoms with E-state index in [1.165, 1.54) is 11.1 Å². The number of hydrogen-bond donors (Lipinski definition) is 1. The Balaban J connectivity index is 1.71. The molecule has 1 aliphatic carbocycles. The van der Waals surface area contributed by atoms with Crippen LogP contribution in [0.1, 0.15) is 16.7 Å². The van der Waals surface area contributed by atoms with Crippen molar-refractivity contribution in [2.45, 2.75) is 18.9 Å². The lowest BCUT2D eigenvalue weighted by molar-refractivity contribution is 0.774. The molecule has 0 spiro atoms. The zero-order valence-electron chi connectivity index (χ0n) is 10.4. The van der Waals surface area contributed by atoms with Crippen LogP contribution >= 0.6 is 11.6 Å². The smallest absolute Gasteiger partial charge is 0.0991 e. The molecule has 2 aromatic carbocycles. The number of nitrogens with one attached hydrogen (secondary N) is 1. The predicted molar refractivity (Wildman–Crippen MR) is 77.4 cm³/mol. The van der Waals surface area contributed by atoms with Gasteiger partial charge >= 0.3 is 0 Å². The number of rotatable bonds is 2. The highest BCUT2D eigenvalue weighted by Crippen LogP contribution is 2.27. The van der Waals surface area contributed by atoms with Crippen molar-refractivity contribution in [1.29, 1.82) is 5.26 Å². The van der Waals surface area contributed by atoms with Gasteiger partial charge in [0.25, 0.3) is 0 Å². The molecule has 0 saturated carbocycles. The van der Waals surface area contributed by atoms with E-state index in [2.05, 4.69) is 23.5 Å². The van der Waals surface area contributed by atoms with E-state index in [1.54, 1.807) is 0 Å². The average molecular weight is 269 g/mol. The molecule has 0 fully saturated rings. The van der Waals surface area contributed by atoms with Crippen LogP contribution < -0.4 is 5.32 Å². The van der Waals surface area contributed by atoms with Crippen LogP contribution in [0.25, 0.3) is 0 Å². The van der Waals surface area contributed by atoms with Crippen molar-refractivity contribution < 1.29 is 0 Å². The number of nitrogens with zero attached hydrogens (tertiary/aromatic N) is 1. The first-order valence-electron chi connectivity index (χ1n) is 6.28. The number of nitriles is 1. The van der Waals surface area contributed by atoms with Gasteiger partial charge in [-0.05, 0) is 60.4 Å². The molecule has 3 heteroatoms. The summed E-state index contributed by atoms with van der Waals surface area (Å²) in [5.41, 5.74) is 4.45. The third-order valence-electron chi connectivity index (χ3n) is 3.49. The van der Waals surface area contributed by atoms with Crippen LogP contribution in [0.5, 0.6) is 0 Å². The third kappa shape index (κ3) is 2.57. The summed E-state index contributed by atoms with van der Waals surface area (Å²) in [7, 11) is 0. The van der Waals surface area contributed by atoms with E-state index in [4.69, 9.17) is 16.9 Å². The SMILES string of the molecule is N#Cc1ccc(NC2Cc3ccc(Cl)cc3C2)cc1. The molecule has 0 amide bonds. The van der Waals surface area contributed by atoms with E-state index >= 15 is 0 Å². The first-order valence-corrected chi connectivity index (χ1v) is 6.66. The molecule has 0 saturated heterocycles. The summed E-state index contributed by atoms with van der Waals surface area (Å²) in [5.74, 6) is 0. The number of halogens is 1. The van der Waals surface area contributed by atoms with Crippen molar-refractivity contribution in [1.82, 2.24) is 0 Å². The molecule has 0 aromatic heterocycles. The summed E-state index contributed by atoms with van der Waals surface area (Å²) < 4.78 is 0. The second-order valence-corrected chi connectivity index (χ2v) is 5.29. The van der Waals surface area contributed by atoms with Crippen molar-refractivity contribution in [3.8, 4) is 6.07 Å². The van der Waals surface area contributed by atoms with Gasteiger partial charge in [-0.2, -0.15) is 5.26 Å². The second kappa shape index (κ2) is 4.95. The predicted octanol–water partition coefficient (Wildman–Crippen LogP) is 3.79. The molecule has 94 valence electrons. The fourth-order valence-corrected chi connectivity index (χ4v) is 2.76. The molecule has 1 N–H and O–H groups in total. The monoisotopic (exact) mass is 268 g/mol. The fourth-order valence-electron chi connectivity index (χ4n) is 2.57. The highest BCUT2D eigenvalue weighted by atomic mass is 35.5. The first-order chi connectivity index (χ1) is 9.24. The number of benzene rings is 2. The Morgan fingerprint density at radius 2 is 1.79 bits per heavy atom. The number of hydrogen-bond acceptors (Lipinski definition) is 2. The molecule has 0 heterocycles. The summed E-state index contributed by atoms with van der Waals surface area (Å²) in [6.45, 7) is 0. The molecule has 19 heavy (non-hydrogen) atoms. The molecule has 3 rings (SSSR count). The van der Waals surface area contributed by atoms with E-state index < -0.39 is 0 Å². The highest BCUT2D eigenvalue weighted by molar-refractivity contribution is 6.30. The van der Waals surface area contributed by atoms with Crippen LogP contribution in [0.4, 0.5) is 5.69 Å². The second-order valence-electron chi connectivity index (χ2n) is 4.85. The number of fused-ring (bicyclic) bond motifs is 1. The maximum atomic E-state index is 8.77. The van der Waals surface area contributed by atoms with Crippen LogP contribution in [-0.2, 0) is 12.8 Å². The minimum absolute atomic E-state index is 0.404. The van der Waals surface area contributed by atoms with Crippen LogP contribution in [0.2, 0.25) is 5.02 Å². The molecule has 0 radical (unpaired) electrons. The Labute approximate surface area is 117 Å². The molecule has 1 aliphatic rings. The Hall–Kier alpha value is -1.98. The van der Waals surface area contributed by atoms with Crippen LogP contribution in [0.3, 0.4) is 0 Å². The molecular weight excluding hydrogens is 256 g/mol. The molecular formula is C16H13ClN2. The standard InChI is InChI=1S/C16H13ClN2/c17-14-4-3-12-8-16(9-13(12)7-14)19-15-5-1-11(10-18)2-6-15/h1-7,16,19H,8-9H2. The quantitative estimate of drug-likeness (QED) is 0.899. The van der Waals surface area contributed by atoms with Gasteiger partial charge < -0.3 is 5.32 Å². The van der Waals surface area contributed by atoms with E-state index in [9.17, 15) is 0 Å². The summed E-state index contributed by atoms with van der Waals surface area (Å²) in [5, 5.41) is 13.1. The largest absolute Gasteiger partial charge is 0.382 e. The summed E-state index contributed by atoms with van der Waals surface area (Å²) in [6.07, 6.45) is 2.02. The summed E-state index contributed by atoms with van der Waals surface area (Å²) in [6, 6.07) is 16.2. The van der Waals surface area contributed by atoms with Gasteiger partial charge in [0.2, 0.25) is 0 Å². The molecule has 0 bridgehead atoms. The van der Waals surface area contributed by atoms with E-state index in [-0.39, 0.29) is 0 Å². The first kappa shape index (κ1) is 12.1. The summed E-state index contributed by atoms with van der Waals surface area (Å²) in [4.78, 5) is 0. The normalized spacial score (nSPS) is 16.7. The Morgan fingerprint density at radius 3 is 2.53 bits per heavy atom. The lowest BCUT2D eigenvalue weighted by Gasteiger charge is -2.13. The number of anilines is 1. The fraction of sp³-hybridized carbons (Fsp3) is 0.188. The third-order valence-corrected chi connectivity index (χ3v) is 3.72. The Bertz CT molecular complexity index is 641. The molecule has 1 unspecified atom stereocenters. The van der Waals surface area contributed by atoms with Gasteiger partial charge in [0.15, 0.2) is 0 Å². The van der Waals surface area contributed by atoms with Crippen molar-refractivity contribution in [2.24, 2.45) is 0 Å². The summed E-state index contributed by atoms with van der Waals surface area (Å²) >= 11 is 6.01. The van der Waals surface area contributed by atoms with Crippen molar-refractivity contribution in [2.75, 3.05) is 5.32 Å². The minimum atomic E-state index is 0.404. The molecule has 1 atom stereocenters. The minimum Gasteiger partial charge on any atom is -0.382 e. The van der Waals surface area contributed by atoms with Crippen molar-refractivity contribution >= 4 is 17.3 Å². The zero-order chi connectivity index (χ0) is 13.2. The molecule has 0 aliphatic heterocycles. The topological polar surface area (TPSA) is 35.8 Å². The van der Waals surface area contributed by atoms with Crippen molar-refractivity contribution in [3.05, 3.63) is 64.2 Å². The van der Waals surface area contributed by atoms with Crippen molar-refractivity contribution in [3.63, 3.8) is 0 Å². The average Bonchev–Trinajstić information content (AvgIpc) is 2.81. The van der Waals surface area contributed by atoms with Gasteiger partial charge in [-0.3, -0.25) is 0 Å². The van der Waals surface area contributed by atoms with E-state index in [0.717, 1.165) is 23.6 Å². The van der Waals surface area contributed by atoms with Gasteiger partial charge in [-0.15, -0.1) is 0 Å². The molecule has 2 aromatic rings. The van der Waals surface area contributed by atoms with Gasteiger partial charge in [0.05, 0.1) is 11.6 Å². The lowest BCUT2D eigenvalue weighted by Crippen LogP contribution is -2.19. The van der Waals surface area contributed by atoms with Crippen LogP contribution in [-0.4, -0.2) is 6.04 Å². The van der Waals surface area contributed by atoms with Gasteiger partial charge in [-0.25, -0.2) is 0 Å². The van der Waals surface area contributed by atoms with Gasteiger partial charge in [-0.1, -0.05) is 17.7 Å². The Kier molecular flexibility index (Phi) is 3.15. The lowest BCUT2D eigenvalue weighted by atomic mass is 10.1. The maximum absolute atomic E-state index is 8.77. The Morgan fingerprint density at radius 1 is 1.05 bits per heavy atom. The maximum Gasteiger partial charge on any atom is 0.0991 e.